The zero-order valence-corrected chi connectivity index (χ0v) is 13.9. The Bertz CT molecular complexity index is 604. The Hall–Kier alpha value is -0.820. The first kappa shape index (κ1) is 16.5. The highest BCUT2D eigenvalue weighted by molar-refractivity contribution is 7.89. The number of nitrogens with zero attached hydrogens (tertiary/aromatic N) is 1. The first-order valence-electron chi connectivity index (χ1n) is 7.08. The smallest absolute Gasteiger partial charge is 0.240 e. The van der Waals surface area contributed by atoms with Gasteiger partial charge in [0.25, 0.3) is 0 Å². The van der Waals surface area contributed by atoms with Crippen LogP contribution in [0, 0.1) is 5.92 Å². The van der Waals surface area contributed by atoms with Crippen molar-refractivity contribution in [2.45, 2.75) is 31.2 Å². The number of sulfonamides is 1. The van der Waals surface area contributed by atoms with Crippen molar-refractivity contribution in [1.29, 1.82) is 0 Å². The van der Waals surface area contributed by atoms with Gasteiger partial charge >= 0.3 is 0 Å². The van der Waals surface area contributed by atoms with Crippen LogP contribution < -0.4 is 10.5 Å². The first-order valence-corrected chi connectivity index (χ1v) is 8.94. The summed E-state index contributed by atoms with van der Waals surface area (Å²) in [6, 6.07) is 4.86. The van der Waals surface area contributed by atoms with Crippen LogP contribution in [0.15, 0.2) is 23.1 Å². The summed E-state index contributed by atoms with van der Waals surface area (Å²) < 4.78 is 27.2. The Morgan fingerprint density at radius 1 is 1.48 bits per heavy atom. The highest BCUT2D eigenvalue weighted by Crippen LogP contribution is 2.23. The van der Waals surface area contributed by atoms with E-state index < -0.39 is 10.0 Å². The minimum absolute atomic E-state index is 0.153. The zero-order chi connectivity index (χ0) is 15.6. The maximum Gasteiger partial charge on any atom is 0.240 e. The quantitative estimate of drug-likeness (QED) is 0.808. The molecule has 0 aromatic heterocycles. The van der Waals surface area contributed by atoms with E-state index in [9.17, 15) is 8.42 Å². The minimum atomic E-state index is -3.53. The van der Waals surface area contributed by atoms with Gasteiger partial charge < -0.3 is 10.6 Å². The van der Waals surface area contributed by atoms with Crippen molar-refractivity contribution in [3.8, 4) is 0 Å². The third-order valence-corrected chi connectivity index (χ3v) is 5.64. The number of benzene rings is 1. The van der Waals surface area contributed by atoms with Crippen molar-refractivity contribution in [2.24, 2.45) is 5.92 Å². The number of anilines is 1. The fourth-order valence-electron chi connectivity index (χ4n) is 2.48. The lowest BCUT2D eigenvalue weighted by molar-refractivity contribution is 0.265. The molecule has 1 aliphatic heterocycles. The highest BCUT2D eigenvalue weighted by Gasteiger charge is 2.25. The van der Waals surface area contributed by atoms with E-state index in [1.165, 1.54) is 18.2 Å². The van der Waals surface area contributed by atoms with Crippen LogP contribution in [0.3, 0.4) is 0 Å². The highest BCUT2D eigenvalue weighted by atomic mass is 35.5. The normalized spacial score (nSPS) is 20.3. The van der Waals surface area contributed by atoms with Crippen LogP contribution in [-0.2, 0) is 10.0 Å². The lowest BCUT2D eigenvalue weighted by atomic mass is 10.1. The van der Waals surface area contributed by atoms with Gasteiger partial charge in [0.2, 0.25) is 10.0 Å². The maximum absolute atomic E-state index is 12.2. The van der Waals surface area contributed by atoms with Gasteiger partial charge in [-0.1, -0.05) is 11.6 Å². The summed E-state index contributed by atoms with van der Waals surface area (Å²) in [5.41, 5.74) is 5.97. The second-order valence-corrected chi connectivity index (χ2v) is 7.95. The van der Waals surface area contributed by atoms with Gasteiger partial charge in [-0.15, -0.1) is 0 Å². The first-order chi connectivity index (χ1) is 9.79. The summed E-state index contributed by atoms with van der Waals surface area (Å²) in [6.07, 6.45) is 1.02. The number of halogens is 1. The van der Waals surface area contributed by atoms with E-state index in [0.29, 0.717) is 24.2 Å². The van der Waals surface area contributed by atoms with E-state index >= 15 is 0 Å². The molecule has 5 nitrogen and oxygen atoms in total. The molecule has 1 heterocycles. The third kappa shape index (κ3) is 4.10. The Morgan fingerprint density at radius 3 is 2.76 bits per heavy atom. The predicted octanol–water partition coefficient (Wildman–Crippen LogP) is 1.93. The molecule has 21 heavy (non-hydrogen) atoms. The maximum atomic E-state index is 12.2. The van der Waals surface area contributed by atoms with Crippen LogP contribution in [0.4, 0.5) is 5.69 Å². The van der Waals surface area contributed by atoms with Gasteiger partial charge in [0.1, 0.15) is 0 Å². The third-order valence-electron chi connectivity index (χ3n) is 3.89. The number of likely N-dealkylation sites (tertiary alicyclic amines) is 1. The van der Waals surface area contributed by atoms with Gasteiger partial charge in [-0.3, -0.25) is 0 Å². The second-order valence-electron chi connectivity index (χ2n) is 5.78. The van der Waals surface area contributed by atoms with Crippen molar-refractivity contribution in [1.82, 2.24) is 9.62 Å². The second kappa shape index (κ2) is 6.52. The van der Waals surface area contributed by atoms with Gasteiger partial charge in [0.05, 0.1) is 15.6 Å². The summed E-state index contributed by atoms with van der Waals surface area (Å²) in [5.74, 6) is 0.353. The van der Waals surface area contributed by atoms with Crippen LogP contribution in [0.25, 0.3) is 0 Å². The van der Waals surface area contributed by atoms with E-state index in [2.05, 4.69) is 23.5 Å². The molecule has 2 rings (SSSR count). The van der Waals surface area contributed by atoms with E-state index in [0.717, 1.165) is 19.5 Å². The van der Waals surface area contributed by atoms with Gasteiger partial charge in [0, 0.05) is 19.1 Å². The van der Waals surface area contributed by atoms with Crippen molar-refractivity contribution in [3.05, 3.63) is 23.2 Å². The largest absolute Gasteiger partial charge is 0.398 e. The topological polar surface area (TPSA) is 75.4 Å². The van der Waals surface area contributed by atoms with Crippen LogP contribution >= 0.6 is 11.6 Å². The van der Waals surface area contributed by atoms with Gasteiger partial charge in [-0.05, 0) is 50.9 Å². The summed E-state index contributed by atoms with van der Waals surface area (Å²) >= 11 is 5.88. The summed E-state index contributed by atoms with van der Waals surface area (Å²) in [5, 5.41) is 0.254. The fourth-order valence-corrected chi connectivity index (χ4v) is 3.87. The Morgan fingerprint density at radius 2 is 2.19 bits per heavy atom. The molecule has 1 atom stereocenters. The molecule has 0 saturated carbocycles. The predicted molar refractivity (Wildman–Crippen MR) is 85.9 cm³/mol. The lowest BCUT2D eigenvalue weighted by Crippen LogP contribution is -2.33. The van der Waals surface area contributed by atoms with Crippen molar-refractivity contribution >= 4 is 27.3 Å². The number of hydrogen-bond acceptors (Lipinski definition) is 4. The van der Waals surface area contributed by atoms with Gasteiger partial charge in [-0.2, -0.15) is 0 Å². The lowest BCUT2D eigenvalue weighted by Gasteiger charge is -2.20. The molecule has 3 N–H and O–H groups in total. The van der Waals surface area contributed by atoms with Gasteiger partial charge in [0.15, 0.2) is 0 Å². The average molecular weight is 332 g/mol. The molecule has 0 bridgehead atoms. The molecule has 0 amide bonds. The van der Waals surface area contributed by atoms with Crippen LogP contribution in [0.1, 0.15) is 20.3 Å². The number of hydrogen-bond donors (Lipinski definition) is 2. The Labute approximate surface area is 131 Å². The molecule has 1 fully saturated rings. The number of nitrogens with one attached hydrogen (secondary N) is 1. The molecular formula is C14H22ClN3O2S. The minimum Gasteiger partial charge on any atom is -0.398 e. The van der Waals surface area contributed by atoms with E-state index in [1.54, 1.807) is 0 Å². The van der Waals surface area contributed by atoms with Crippen molar-refractivity contribution in [2.75, 3.05) is 25.4 Å². The molecule has 118 valence electrons. The standard InChI is InChI=1S/C14H22ClN3O2S/c1-10(2)18-6-5-11(9-18)8-17-21(19,20)12-3-4-14(16)13(15)7-12/h3-4,7,10-11,17H,5-6,8-9,16H2,1-2H3. The van der Waals surface area contributed by atoms with Crippen molar-refractivity contribution in [3.63, 3.8) is 0 Å². The molecule has 0 radical (unpaired) electrons. The SMILES string of the molecule is CC(C)N1CCC(CNS(=O)(=O)c2ccc(N)c(Cl)c2)C1. The zero-order valence-electron chi connectivity index (χ0n) is 12.3. The van der Waals surface area contributed by atoms with E-state index in [1.807, 2.05) is 0 Å². The number of rotatable bonds is 5. The summed E-state index contributed by atoms with van der Waals surface area (Å²) in [4.78, 5) is 2.51. The molecule has 1 aromatic rings. The molecule has 0 aliphatic carbocycles. The summed E-state index contributed by atoms with van der Waals surface area (Å²) in [6.45, 7) is 6.72. The summed E-state index contributed by atoms with van der Waals surface area (Å²) in [7, 11) is -3.53. The van der Waals surface area contributed by atoms with Crippen LogP contribution in [0.5, 0.6) is 0 Å². The molecule has 0 spiro atoms. The number of nitrogens with two attached hydrogens (primary N) is 1. The van der Waals surface area contributed by atoms with Crippen LogP contribution in [0.2, 0.25) is 5.02 Å². The van der Waals surface area contributed by atoms with Gasteiger partial charge in [-0.25, -0.2) is 13.1 Å². The average Bonchev–Trinajstić information content (AvgIpc) is 2.89. The molecule has 1 unspecified atom stereocenters. The Balaban J connectivity index is 1.97. The molecular weight excluding hydrogens is 310 g/mol. The molecule has 1 saturated heterocycles. The molecule has 1 aromatic carbocycles. The molecule has 1 aliphatic rings. The van der Waals surface area contributed by atoms with Crippen molar-refractivity contribution < 1.29 is 8.42 Å². The van der Waals surface area contributed by atoms with Crippen LogP contribution in [-0.4, -0.2) is 39.0 Å². The van der Waals surface area contributed by atoms with E-state index in [4.69, 9.17) is 17.3 Å². The molecule has 7 heteroatoms. The monoisotopic (exact) mass is 331 g/mol. The Kier molecular flexibility index (Phi) is 5.14. The van der Waals surface area contributed by atoms with E-state index in [-0.39, 0.29) is 9.92 Å². The number of nitrogen functional groups attached to an aromatic ring is 1. The fraction of sp³-hybridized carbons (Fsp3) is 0.571.